The highest BCUT2D eigenvalue weighted by Gasteiger charge is 2.06. The molecular weight excluding hydrogens is 208 g/mol. The molecule has 1 amide bonds. The first kappa shape index (κ1) is 12.0. The average Bonchev–Trinajstić information content (AvgIpc) is 2.13. The van der Waals surface area contributed by atoms with Crippen molar-refractivity contribution in [3.8, 4) is 0 Å². The standard InChI is InChI=1S/C11H16N2OS/c1-5-15-11-6-10(13-9(4)14)7(2)8(3)12-11/h6H,5H2,1-4H3,(H,12,13,14). The Hall–Kier alpha value is -1.03. The van der Waals surface area contributed by atoms with Crippen molar-refractivity contribution in [2.45, 2.75) is 32.7 Å². The lowest BCUT2D eigenvalue weighted by Crippen LogP contribution is -2.08. The van der Waals surface area contributed by atoms with Gasteiger partial charge in [0, 0.05) is 18.3 Å². The minimum Gasteiger partial charge on any atom is -0.326 e. The summed E-state index contributed by atoms with van der Waals surface area (Å²) < 4.78 is 0. The topological polar surface area (TPSA) is 42.0 Å². The third-order valence-corrected chi connectivity index (χ3v) is 2.89. The highest BCUT2D eigenvalue weighted by atomic mass is 32.2. The van der Waals surface area contributed by atoms with E-state index in [9.17, 15) is 4.79 Å². The van der Waals surface area contributed by atoms with Gasteiger partial charge in [0.1, 0.15) is 0 Å². The van der Waals surface area contributed by atoms with Crippen LogP contribution < -0.4 is 5.32 Å². The summed E-state index contributed by atoms with van der Waals surface area (Å²) in [6, 6.07) is 1.93. The molecule has 0 bridgehead atoms. The maximum atomic E-state index is 11.0. The van der Waals surface area contributed by atoms with Crippen molar-refractivity contribution in [1.29, 1.82) is 0 Å². The zero-order valence-electron chi connectivity index (χ0n) is 9.55. The van der Waals surface area contributed by atoms with Gasteiger partial charge in [-0.1, -0.05) is 6.92 Å². The van der Waals surface area contributed by atoms with Gasteiger partial charge >= 0.3 is 0 Å². The van der Waals surface area contributed by atoms with Crippen LogP contribution in [0.4, 0.5) is 5.69 Å². The van der Waals surface area contributed by atoms with E-state index in [4.69, 9.17) is 0 Å². The van der Waals surface area contributed by atoms with Crippen molar-refractivity contribution in [2.24, 2.45) is 0 Å². The lowest BCUT2D eigenvalue weighted by molar-refractivity contribution is -0.114. The highest BCUT2D eigenvalue weighted by Crippen LogP contribution is 2.24. The Morgan fingerprint density at radius 2 is 2.20 bits per heavy atom. The molecule has 0 fully saturated rings. The number of aromatic nitrogens is 1. The van der Waals surface area contributed by atoms with Crippen LogP contribution in [0, 0.1) is 13.8 Å². The summed E-state index contributed by atoms with van der Waals surface area (Å²) in [7, 11) is 0. The van der Waals surface area contributed by atoms with E-state index < -0.39 is 0 Å². The fourth-order valence-electron chi connectivity index (χ4n) is 1.25. The lowest BCUT2D eigenvalue weighted by Gasteiger charge is -2.10. The molecule has 0 saturated carbocycles. The van der Waals surface area contributed by atoms with Crippen molar-refractivity contribution >= 4 is 23.4 Å². The minimum absolute atomic E-state index is 0.0452. The largest absolute Gasteiger partial charge is 0.326 e. The first-order chi connectivity index (χ1) is 7.04. The van der Waals surface area contributed by atoms with Crippen molar-refractivity contribution in [2.75, 3.05) is 11.1 Å². The lowest BCUT2D eigenvalue weighted by atomic mass is 10.2. The molecule has 3 nitrogen and oxygen atoms in total. The summed E-state index contributed by atoms with van der Waals surface area (Å²) in [6.07, 6.45) is 0. The summed E-state index contributed by atoms with van der Waals surface area (Å²) in [5.74, 6) is 0.936. The van der Waals surface area contributed by atoms with Crippen LogP contribution >= 0.6 is 11.8 Å². The second-order valence-electron chi connectivity index (χ2n) is 3.33. The molecule has 0 aliphatic rings. The Balaban J connectivity index is 3.06. The third kappa shape index (κ3) is 3.23. The molecule has 1 N–H and O–H groups in total. The van der Waals surface area contributed by atoms with Gasteiger partial charge in [-0.05, 0) is 31.2 Å². The van der Waals surface area contributed by atoms with Gasteiger partial charge in [-0.25, -0.2) is 4.98 Å². The minimum atomic E-state index is -0.0452. The van der Waals surface area contributed by atoms with E-state index in [1.54, 1.807) is 11.8 Å². The van der Waals surface area contributed by atoms with Gasteiger partial charge in [0.15, 0.2) is 0 Å². The van der Waals surface area contributed by atoms with Crippen LogP contribution in [0.3, 0.4) is 0 Å². The Morgan fingerprint density at radius 3 is 2.73 bits per heavy atom. The Kier molecular flexibility index (Phi) is 4.15. The molecule has 1 rings (SSSR count). The quantitative estimate of drug-likeness (QED) is 0.803. The number of rotatable bonds is 3. The maximum absolute atomic E-state index is 11.0. The van der Waals surface area contributed by atoms with E-state index in [1.165, 1.54) is 6.92 Å². The molecular formula is C11H16N2OS. The number of hydrogen-bond acceptors (Lipinski definition) is 3. The molecule has 0 spiro atoms. The van der Waals surface area contributed by atoms with E-state index >= 15 is 0 Å². The maximum Gasteiger partial charge on any atom is 0.221 e. The molecule has 82 valence electrons. The Morgan fingerprint density at radius 1 is 1.53 bits per heavy atom. The second kappa shape index (κ2) is 5.16. The van der Waals surface area contributed by atoms with Crippen molar-refractivity contribution < 1.29 is 4.79 Å². The van der Waals surface area contributed by atoms with Gasteiger partial charge in [0.2, 0.25) is 5.91 Å². The molecule has 0 radical (unpaired) electrons. The normalized spacial score (nSPS) is 10.1. The molecule has 1 heterocycles. The van der Waals surface area contributed by atoms with Crippen LogP contribution in [-0.4, -0.2) is 16.6 Å². The van der Waals surface area contributed by atoms with Crippen LogP contribution in [0.5, 0.6) is 0 Å². The van der Waals surface area contributed by atoms with Gasteiger partial charge < -0.3 is 5.32 Å². The molecule has 15 heavy (non-hydrogen) atoms. The van der Waals surface area contributed by atoms with E-state index in [-0.39, 0.29) is 5.91 Å². The molecule has 0 saturated heterocycles. The van der Waals surface area contributed by atoms with E-state index in [2.05, 4.69) is 17.2 Å². The zero-order chi connectivity index (χ0) is 11.4. The van der Waals surface area contributed by atoms with Crippen molar-refractivity contribution in [1.82, 2.24) is 4.98 Å². The number of hydrogen-bond donors (Lipinski definition) is 1. The number of thioether (sulfide) groups is 1. The van der Waals surface area contributed by atoms with Crippen molar-refractivity contribution in [3.63, 3.8) is 0 Å². The monoisotopic (exact) mass is 224 g/mol. The smallest absolute Gasteiger partial charge is 0.221 e. The molecule has 1 aromatic heterocycles. The third-order valence-electron chi connectivity index (χ3n) is 2.10. The fourth-order valence-corrected chi connectivity index (χ4v) is 1.95. The van der Waals surface area contributed by atoms with Crippen LogP contribution in [0.2, 0.25) is 0 Å². The van der Waals surface area contributed by atoms with Crippen LogP contribution in [0.1, 0.15) is 25.1 Å². The molecule has 0 atom stereocenters. The van der Waals surface area contributed by atoms with E-state index in [0.29, 0.717) is 0 Å². The number of aryl methyl sites for hydroxylation is 1. The number of nitrogens with one attached hydrogen (secondary N) is 1. The summed E-state index contributed by atoms with van der Waals surface area (Å²) in [6.45, 7) is 7.52. The zero-order valence-corrected chi connectivity index (χ0v) is 10.4. The first-order valence-corrected chi connectivity index (χ1v) is 5.91. The van der Waals surface area contributed by atoms with Gasteiger partial charge in [0.05, 0.1) is 5.03 Å². The number of carbonyl (C=O) groups is 1. The fraction of sp³-hybridized carbons (Fsp3) is 0.455. The Labute approximate surface area is 94.7 Å². The van der Waals surface area contributed by atoms with Crippen molar-refractivity contribution in [3.05, 3.63) is 17.3 Å². The number of anilines is 1. The molecule has 1 aromatic rings. The van der Waals surface area contributed by atoms with Gasteiger partial charge in [-0.15, -0.1) is 11.8 Å². The Bertz CT molecular complexity index is 377. The molecule has 0 aliphatic carbocycles. The SMILES string of the molecule is CCSc1cc(NC(C)=O)c(C)c(C)n1. The van der Waals surface area contributed by atoms with Crippen LogP contribution in [-0.2, 0) is 4.79 Å². The predicted molar refractivity (Wildman–Crippen MR) is 64.4 cm³/mol. The van der Waals surface area contributed by atoms with Gasteiger partial charge in [-0.3, -0.25) is 4.79 Å². The summed E-state index contributed by atoms with van der Waals surface area (Å²) >= 11 is 1.68. The van der Waals surface area contributed by atoms with Gasteiger partial charge in [-0.2, -0.15) is 0 Å². The molecule has 0 aliphatic heterocycles. The van der Waals surface area contributed by atoms with Crippen LogP contribution in [0.25, 0.3) is 0 Å². The molecule has 0 aromatic carbocycles. The summed E-state index contributed by atoms with van der Waals surface area (Å²) in [5, 5.41) is 3.78. The highest BCUT2D eigenvalue weighted by molar-refractivity contribution is 7.99. The second-order valence-corrected chi connectivity index (χ2v) is 4.62. The molecule has 4 heteroatoms. The van der Waals surface area contributed by atoms with E-state index in [0.717, 1.165) is 27.7 Å². The first-order valence-electron chi connectivity index (χ1n) is 4.93. The molecule has 0 unspecified atom stereocenters. The predicted octanol–water partition coefficient (Wildman–Crippen LogP) is 2.77. The number of pyridine rings is 1. The number of nitrogens with zero attached hydrogens (tertiary/aromatic N) is 1. The average molecular weight is 224 g/mol. The van der Waals surface area contributed by atoms with Gasteiger partial charge in [0.25, 0.3) is 0 Å². The van der Waals surface area contributed by atoms with E-state index in [1.807, 2.05) is 19.9 Å². The number of amides is 1. The summed E-state index contributed by atoms with van der Waals surface area (Å²) in [4.78, 5) is 15.4. The number of carbonyl (C=O) groups excluding carboxylic acids is 1. The summed E-state index contributed by atoms with van der Waals surface area (Å²) in [5.41, 5.74) is 2.87. The van der Waals surface area contributed by atoms with Crippen LogP contribution in [0.15, 0.2) is 11.1 Å².